The van der Waals surface area contributed by atoms with Gasteiger partial charge in [-0.1, -0.05) is 34.1 Å². The van der Waals surface area contributed by atoms with E-state index in [-0.39, 0.29) is 11.5 Å². The predicted octanol–water partition coefficient (Wildman–Crippen LogP) is 5.31. The molecule has 0 fully saturated rings. The third-order valence-electron chi connectivity index (χ3n) is 4.56. The molecule has 150 valence electrons. The monoisotopic (exact) mass is 479 g/mol. The van der Waals surface area contributed by atoms with Crippen LogP contribution in [0.2, 0.25) is 0 Å². The molecule has 0 saturated carbocycles. The zero-order chi connectivity index (χ0) is 21.1. The Morgan fingerprint density at radius 2 is 1.87 bits per heavy atom. The normalized spacial score (nSPS) is 10.9. The number of aryl methyl sites for hydroxylation is 1. The Morgan fingerprint density at radius 1 is 1.10 bits per heavy atom. The van der Waals surface area contributed by atoms with Gasteiger partial charge >= 0.3 is 0 Å². The van der Waals surface area contributed by atoms with Crippen LogP contribution >= 0.6 is 27.7 Å². The molecule has 0 radical (unpaired) electrons. The zero-order valence-corrected chi connectivity index (χ0v) is 18.5. The molecular formula is C23H18BrN3O2S. The number of nitrogens with one attached hydrogen (secondary N) is 1. The fourth-order valence-corrected chi connectivity index (χ4v) is 4.19. The van der Waals surface area contributed by atoms with Gasteiger partial charge in [-0.3, -0.25) is 14.0 Å². The van der Waals surface area contributed by atoms with Crippen LogP contribution in [0.15, 0.2) is 87.1 Å². The molecule has 4 rings (SSSR count). The van der Waals surface area contributed by atoms with Crippen molar-refractivity contribution in [3.8, 4) is 0 Å². The zero-order valence-electron chi connectivity index (χ0n) is 16.1. The number of aromatic nitrogens is 2. The highest BCUT2D eigenvalue weighted by atomic mass is 79.9. The number of fused-ring (bicyclic) bond motifs is 1. The number of anilines is 1. The van der Waals surface area contributed by atoms with E-state index in [1.54, 1.807) is 28.8 Å². The van der Waals surface area contributed by atoms with Crippen molar-refractivity contribution >= 4 is 44.9 Å². The molecule has 1 N–H and O–H groups in total. The first-order chi connectivity index (χ1) is 14.5. The van der Waals surface area contributed by atoms with Crippen molar-refractivity contribution in [1.82, 2.24) is 9.38 Å². The van der Waals surface area contributed by atoms with Crippen molar-refractivity contribution in [3.05, 3.63) is 105 Å². The van der Waals surface area contributed by atoms with E-state index in [2.05, 4.69) is 26.2 Å². The lowest BCUT2D eigenvalue weighted by molar-refractivity contribution is 0.102. The average molecular weight is 480 g/mol. The van der Waals surface area contributed by atoms with E-state index in [0.717, 1.165) is 20.6 Å². The highest BCUT2D eigenvalue weighted by Crippen LogP contribution is 2.30. The molecule has 4 aromatic rings. The van der Waals surface area contributed by atoms with Gasteiger partial charge in [-0.2, -0.15) is 0 Å². The van der Waals surface area contributed by atoms with Crippen LogP contribution in [0.5, 0.6) is 0 Å². The number of pyridine rings is 1. The van der Waals surface area contributed by atoms with Gasteiger partial charge < -0.3 is 5.32 Å². The van der Waals surface area contributed by atoms with Crippen molar-refractivity contribution in [3.63, 3.8) is 0 Å². The van der Waals surface area contributed by atoms with E-state index < -0.39 is 0 Å². The van der Waals surface area contributed by atoms with Crippen LogP contribution in [-0.2, 0) is 5.75 Å². The molecule has 2 aromatic carbocycles. The van der Waals surface area contributed by atoms with Gasteiger partial charge in [0, 0.05) is 32.9 Å². The summed E-state index contributed by atoms with van der Waals surface area (Å²) in [7, 11) is 0. The van der Waals surface area contributed by atoms with E-state index in [1.807, 2.05) is 55.5 Å². The van der Waals surface area contributed by atoms with E-state index in [9.17, 15) is 9.59 Å². The largest absolute Gasteiger partial charge is 0.321 e. The summed E-state index contributed by atoms with van der Waals surface area (Å²) in [6.45, 7) is 1.94. The van der Waals surface area contributed by atoms with Crippen molar-refractivity contribution in [2.75, 3.05) is 5.32 Å². The van der Waals surface area contributed by atoms with Crippen LogP contribution in [-0.4, -0.2) is 15.3 Å². The number of amides is 1. The second-order valence-corrected chi connectivity index (χ2v) is 8.65. The topological polar surface area (TPSA) is 63.5 Å². The van der Waals surface area contributed by atoms with Gasteiger partial charge in [-0.25, -0.2) is 4.98 Å². The van der Waals surface area contributed by atoms with Crippen molar-refractivity contribution in [2.24, 2.45) is 0 Å². The van der Waals surface area contributed by atoms with Crippen molar-refractivity contribution in [1.29, 1.82) is 0 Å². The number of hydrogen-bond donors (Lipinski definition) is 1. The Balaban J connectivity index is 1.54. The summed E-state index contributed by atoms with van der Waals surface area (Å²) in [5.41, 5.74) is 3.52. The lowest BCUT2D eigenvalue weighted by Gasteiger charge is -2.11. The second kappa shape index (κ2) is 8.85. The maximum absolute atomic E-state index is 12.6. The van der Waals surface area contributed by atoms with Gasteiger partial charge in [0.05, 0.1) is 11.4 Å². The van der Waals surface area contributed by atoms with E-state index in [4.69, 9.17) is 0 Å². The number of halogens is 1. The molecule has 0 aliphatic rings. The van der Waals surface area contributed by atoms with Gasteiger partial charge in [-0.05, 0) is 55.0 Å². The summed E-state index contributed by atoms with van der Waals surface area (Å²) in [6.07, 6.45) is 1.72. The molecule has 5 nitrogen and oxygen atoms in total. The SMILES string of the molecule is Cc1cccn2c(=O)cc(CSc3ccccc3NC(=O)c3ccc(Br)cc3)nc12. The summed E-state index contributed by atoms with van der Waals surface area (Å²) in [5.74, 6) is 0.346. The van der Waals surface area contributed by atoms with E-state index in [1.165, 1.54) is 11.8 Å². The molecule has 0 atom stereocenters. The standard InChI is InChI=1S/C23H18BrN3O2S/c1-15-5-4-12-27-21(28)13-18(25-22(15)27)14-30-20-7-3-2-6-19(20)26-23(29)16-8-10-17(24)11-9-16/h2-13H,14H2,1H3,(H,26,29). The first kappa shape index (κ1) is 20.4. The number of hydrogen-bond acceptors (Lipinski definition) is 4. The van der Waals surface area contributed by atoms with Crippen LogP contribution in [0.4, 0.5) is 5.69 Å². The van der Waals surface area contributed by atoms with Crippen LogP contribution in [0.1, 0.15) is 21.6 Å². The van der Waals surface area contributed by atoms with Crippen LogP contribution in [0.3, 0.4) is 0 Å². The van der Waals surface area contributed by atoms with Crippen molar-refractivity contribution in [2.45, 2.75) is 17.6 Å². The third-order valence-corrected chi connectivity index (χ3v) is 6.19. The third kappa shape index (κ3) is 4.47. The summed E-state index contributed by atoms with van der Waals surface area (Å²) >= 11 is 4.91. The van der Waals surface area contributed by atoms with Gasteiger partial charge in [0.25, 0.3) is 11.5 Å². The molecule has 30 heavy (non-hydrogen) atoms. The smallest absolute Gasteiger partial charge is 0.258 e. The van der Waals surface area contributed by atoms with Gasteiger partial charge in [0.1, 0.15) is 5.65 Å². The molecule has 0 aliphatic heterocycles. The minimum atomic E-state index is -0.173. The highest BCUT2D eigenvalue weighted by molar-refractivity contribution is 9.10. The van der Waals surface area contributed by atoms with Gasteiger partial charge in [-0.15, -0.1) is 11.8 Å². The Kier molecular flexibility index (Phi) is 6.01. The summed E-state index contributed by atoms with van der Waals surface area (Å²) in [4.78, 5) is 30.6. The number of carbonyl (C=O) groups is 1. The quantitative estimate of drug-likeness (QED) is 0.394. The fourth-order valence-electron chi connectivity index (χ4n) is 3.03. The number of rotatable bonds is 5. The number of para-hydroxylation sites is 1. The fraction of sp³-hybridized carbons (Fsp3) is 0.0870. The molecule has 0 aliphatic carbocycles. The first-order valence-corrected chi connectivity index (χ1v) is 11.1. The molecule has 0 bridgehead atoms. The predicted molar refractivity (Wildman–Crippen MR) is 124 cm³/mol. The summed E-state index contributed by atoms with van der Waals surface area (Å²) < 4.78 is 2.47. The molecule has 7 heteroatoms. The molecule has 0 saturated heterocycles. The lowest BCUT2D eigenvalue weighted by atomic mass is 10.2. The van der Waals surface area contributed by atoms with E-state index in [0.29, 0.717) is 22.7 Å². The number of carbonyl (C=O) groups excluding carboxylic acids is 1. The number of thioether (sulfide) groups is 1. The van der Waals surface area contributed by atoms with Crippen LogP contribution < -0.4 is 10.9 Å². The molecule has 2 heterocycles. The van der Waals surface area contributed by atoms with E-state index >= 15 is 0 Å². The number of benzene rings is 2. The van der Waals surface area contributed by atoms with Crippen LogP contribution in [0.25, 0.3) is 5.65 Å². The average Bonchev–Trinajstić information content (AvgIpc) is 2.74. The maximum atomic E-state index is 12.6. The summed E-state index contributed by atoms with van der Waals surface area (Å²) in [6, 6.07) is 20.2. The first-order valence-electron chi connectivity index (χ1n) is 9.28. The minimum absolute atomic E-state index is 0.101. The van der Waals surface area contributed by atoms with Crippen molar-refractivity contribution < 1.29 is 4.79 Å². The van der Waals surface area contributed by atoms with Gasteiger partial charge in [0.15, 0.2) is 0 Å². The Morgan fingerprint density at radius 3 is 2.67 bits per heavy atom. The second-order valence-electron chi connectivity index (χ2n) is 6.72. The lowest BCUT2D eigenvalue weighted by Crippen LogP contribution is -2.15. The minimum Gasteiger partial charge on any atom is -0.321 e. The Hall–Kier alpha value is -2.90. The molecule has 0 spiro atoms. The molecule has 2 aromatic heterocycles. The summed E-state index contributed by atoms with van der Waals surface area (Å²) in [5, 5.41) is 2.97. The van der Waals surface area contributed by atoms with Gasteiger partial charge in [0.2, 0.25) is 0 Å². The Bertz CT molecular complexity index is 1290. The molecular weight excluding hydrogens is 462 g/mol. The molecule has 1 amide bonds. The maximum Gasteiger partial charge on any atom is 0.258 e. The number of nitrogens with zero attached hydrogens (tertiary/aromatic N) is 2. The molecule has 0 unspecified atom stereocenters. The Labute approximate surface area is 186 Å². The highest BCUT2D eigenvalue weighted by Gasteiger charge is 2.11. The van der Waals surface area contributed by atoms with Crippen LogP contribution in [0, 0.1) is 6.92 Å².